The highest BCUT2D eigenvalue weighted by atomic mass is 32.2. The van der Waals surface area contributed by atoms with Crippen LogP contribution in [0.3, 0.4) is 0 Å². The number of aromatic nitrogens is 4. The van der Waals surface area contributed by atoms with Crippen LogP contribution in [0.25, 0.3) is 33.5 Å². The zero-order chi connectivity index (χ0) is 21.4. The molecule has 0 amide bonds. The Morgan fingerprint density at radius 1 is 1.06 bits per heavy atom. The summed E-state index contributed by atoms with van der Waals surface area (Å²) < 4.78 is 7.27. The fourth-order valence-electron chi connectivity index (χ4n) is 3.75. The maximum Gasteiger partial charge on any atom is 0.191 e. The van der Waals surface area contributed by atoms with Crippen LogP contribution in [0.4, 0.5) is 0 Å². The van der Waals surface area contributed by atoms with Crippen LogP contribution >= 0.6 is 11.8 Å². The van der Waals surface area contributed by atoms with Gasteiger partial charge in [0, 0.05) is 18.0 Å². The Morgan fingerprint density at radius 3 is 2.61 bits per heavy atom. The molecule has 5 aromatic rings. The van der Waals surface area contributed by atoms with Gasteiger partial charge >= 0.3 is 0 Å². The monoisotopic (exact) mass is 428 g/mol. The number of thioether (sulfide) groups is 1. The van der Waals surface area contributed by atoms with Gasteiger partial charge < -0.3 is 14.0 Å². The summed E-state index contributed by atoms with van der Waals surface area (Å²) in [5.74, 6) is 1.82. The minimum Gasteiger partial charge on any atom is -0.469 e. The first kappa shape index (κ1) is 19.4. The quantitative estimate of drug-likeness (QED) is 0.285. The Balaban J connectivity index is 1.46. The minimum absolute atomic E-state index is 0.0466. The maximum atomic E-state index is 13.4. The molecule has 0 bridgehead atoms. The van der Waals surface area contributed by atoms with E-state index in [2.05, 4.69) is 15.2 Å². The summed E-state index contributed by atoms with van der Waals surface area (Å²) >= 11 is 1.39. The summed E-state index contributed by atoms with van der Waals surface area (Å²) in [6, 6.07) is 19.7. The average Bonchev–Trinajstić information content (AvgIpc) is 3.49. The number of furan rings is 1. The molecule has 0 aliphatic carbocycles. The van der Waals surface area contributed by atoms with Gasteiger partial charge in [-0.15, -0.1) is 10.2 Å². The van der Waals surface area contributed by atoms with Crippen molar-refractivity contribution in [2.75, 3.05) is 5.75 Å². The summed E-state index contributed by atoms with van der Waals surface area (Å²) in [6.45, 7) is 1.89. The highest BCUT2D eigenvalue weighted by molar-refractivity contribution is 7.99. The Morgan fingerprint density at radius 2 is 1.84 bits per heavy atom. The molecule has 3 heterocycles. The minimum atomic E-state index is 0.0466. The molecule has 0 atom stereocenters. The number of H-pyrrole nitrogens is 1. The molecule has 0 fully saturated rings. The molecule has 0 saturated heterocycles. The Hall–Kier alpha value is -3.58. The zero-order valence-corrected chi connectivity index (χ0v) is 17.9. The lowest BCUT2D eigenvalue weighted by Crippen LogP contribution is -2.05. The third-order valence-electron chi connectivity index (χ3n) is 5.31. The molecule has 6 nitrogen and oxygen atoms in total. The van der Waals surface area contributed by atoms with Crippen LogP contribution in [0.15, 0.2) is 76.5 Å². The molecule has 5 rings (SSSR count). The number of hydrogen-bond donors (Lipinski definition) is 1. The van der Waals surface area contributed by atoms with E-state index in [4.69, 9.17) is 4.42 Å². The first-order valence-corrected chi connectivity index (χ1v) is 10.9. The zero-order valence-electron chi connectivity index (χ0n) is 17.1. The average molecular weight is 429 g/mol. The number of Topliss-reactive ketones (excluding diaryl/α,β-unsaturated/α-hetero) is 1. The van der Waals surface area contributed by atoms with Gasteiger partial charge in [0.1, 0.15) is 5.76 Å². The van der Waals surface area contributed by atoms with Gasteiger partial charge in [0.25, 0.3) is 0 Å². The highest BCUT2D eigenvalue weighted by Crippen LogP contribution is 2.32. The van der Waals surface area contributed by atoms with Gasteiger partial charge in [0.05, 0.1) is 28.8 Å². The van der Waals surface area contributed by atoms with Crippen LogP contribution < -0.4 is 0 Å². The summed E-state index contributed by atoms with van der Waals surface area (Å²) in [5, 5.41) is 10.2. The predicted molar refractivity (Wildman–Crippen MR) is 122 cm³/mol. The van der Waals surface area contributed by atoms with E-state index in [1.54, 1.807) is 6.26 Å². The molecule has 0 spiro atoms. The number of aryl methyl sites for hydroxylation is 1. The van der Waals surface area contributed by atoms with Gasteiger partial charge in [-0.2, -0.15) is 0 Å². The largest absolute Gasteiger partial charge is 0.469 e. The second-order valence-electron chi connectivity index (χ2n) is 7.25. The van der Waals surface area contributed by atoms with E-state index in [1.807, 2.05) is 79.2 Å². The SMILES string of the molecule is Cc1occc1-c1nnc(SCC(=O)c2c(-c3ccccc3)[nH]c3ccccc23)n1C. The van der Waals surface area contributed by atoms with Crippen LogP contribution in [0.2, 0.25) is 0 Å². The van der Waals surface area contributed by atoms with Gasteiger partial charge in [-0.05, 0) is 24.6 Å². The van der Waals surface area contributed by atoms with Crippen molar-refractivity contribution in [1.82, 2.24) is 19.7 Å². The number of fused-ring (bicyclic) bond motifs is 1. The topological polar surface area (TPSA) is 76.7 Å². The molecule has 154 valence electrons. The lowest BCUT2D eigenvalue weighted by Gasteiger charge is -2.06. The third-order valence-corrected chi connectivity index (χ3v) is 6.33. The van der Waals surface area contributed by atoms with Crippen LogP contribution in [0, 0.1) is 6.92 Å². The lowest BCUT2D eigenvalue weighted by molar-refractivity contribution is 0.102. The number of nitrogens with zero attached hydrogens (tertiary/aromatic N) is 3. The van der Waals surface area contributed by atoms with E-state index < -0.39 is 0 Å². The van der Waals surface area contributed by atoms with Crippen molar-refractivity contribution in [2.24, 2.45) is 7.05 Å². The first-order valence-electron chi connectivity index (χ1n) is 9.89. The summed E-state index contributed by atoms with van der Waals surface area (Å²) in [7, 11) is 1.90. The number of nitrogens with one attached hydrogen (secondary N) is 1. The van der Waals surface area contributed by atoms with E-state index in [9.17, 15) is 4.79 Å². The van der Waals surface area contributed by atoms with Gasteiger partial charge in [0.2, 0.25) is 0 Å². The van der Waals surface area contributed by atoms with Crippen molar-refractivity contribution >= 4 is 28.4 Å². The van der Waals surface area contributed by atoms with Crippen molar-refractivity contribution in [1.29, 1.82) is 0 Å². The van der Waals surface area contributed by atoms with E-state index in [1.165, 1.54) is 11.8 Å². The maximum absolute atomic E-state index is 13.4. The highest BCUT2D eigenvalue weighted by Gasteiger charge is 2.21. The number of ketones is 1. The summed E-state index contributed by atoms with van der Waals surface area (Å²) in [4.78, 5) is 16.8. The normalized spacial score (nSPS) is 11.3. The van der Waals surface area contributed by atoms with Gasteiger partial charge in [0.15, 0.2) is 16.8 Å². The molecule has 7 heteroatoms. The van der Waals surface area contributed by atoms with Crippen LogP contribution in [-0.4, -0.2) is 31.3 Å². The van der Waals surface area contributed by atoms with Gasteiger partial charge in [-0.1, -0.05) is 60.3 Å². The predicted octanol–water partition coefficient (Wildman–Crippen LogP) is 5.51. The standard InChI is InChI=1S/C24H20N4O2S/c1-15-17(12-13-30-15)23-26-27-24(28(23)2)31-14-20(29)21-18-10-6-7-11-19(18)25-22(21)16-8-4-3-5-9-16/h3-13,25H,14H2,1-2H3. The number of aromatic amines is 1. The van der Waals surface area contributed by atoms with E-state index in [-0.39, 0.29) is 11.5 Å². The molecule has 0 aliphatic heterocycles. The van der Waals surface area contributed by atoms with Crippen molar-refractivity contribution in [3.05, 3.63) is 78.3 Å². The number of rotatable bonds is 6. The molecular formula is C24H20N4O2S. The van der Waals surface area contributed by atoms with Crippen LogP contribution in [-0.2, 0) is 7.05 Å². The number of carbonyl (C=O) groups excluding carboxylic acids is 1. The number of carbonyl (C=O) groups is 1. The molecule has 31 heavy (non-hydrogen) atoms. The Kier molecular flexibility index (Phi) is 4.95. The molecule has 0 radical (unpaired) electrons. The smallest absolute Gasteiger partial charge is 0.191 e. The van der Waals surface area contributed by atoms with Gasteiger partial charge in [-0.3, -0.25) is 4.79 Å². The summed E-state index contributed by atoms with van der Waals surface area (Å²) in [6.07, 6.45) is 1.64. The van der Waals surface area contributed by atoms with Crippen LogP contribution in [0.5, 0.6) is 0 Å². The van der Waals surface area contributed by atoms with E-state index in [0.717, 1.165) is 39.3 Å². The first-order chi connectivity index (χ1) is 15.1. The molecule has 0 saturated carbocycles. The molecule has 0 unspecified atom stereocenters. The molecular weight excluding hydrogens is 408 g/mol. The van der Waals surface area contributed by atoms with Crippen molar-refractivity contribution < 1.29 is 9.21 Å². The van der Waals surface area contributed by atoms with E-state index >= 15 is 0 Å². The Bertz CT molecular complexity index is 1380. The Labute approximate surface area is 183 Å². The second kappa shape index (κ2) is 7.92. The van der Waals surface area contributed by atoms with Gasteiger partial charge in [-0.25, -0.2) is 0 Å². The molecule has 1 N–H and O–H groups in total. The molecule has 0 aliphatic rings. The fourth-order valence-corrected chi connectivity index (χ4v) is 4.53. The number of para-hydroxylation sites is 1. The van der Waals surface area contributed by atoms with Crippen molar-refractivity contribution in [3.63, 3.8) is 0 Å². The van der Waals surface area contributed by atoms with Crippen molar-refractivity contribution in [3.8, 4) is 22.6 Å². The third kappa shape index (κ3) is 3.47. The summed E-state index contributed by atoms with van der Waals surface area (Å²) in [5.41, 5.74) is 4.40. The molecule has 3 aromatic heterocycles. The van der Waals surface area contributed by atoms with Crippen molar-refractivity contribution in [2.45, 2.75) is 12.1 Å². The second-order valence-corrected chi connectivity index (χ2v) is 8.20. The molecule has 2 aromatic carbocycles. The van der Waals surface area contributed by atoms with Crippen LogP contribution in [0.1, 0.15) is 16.1 Å². The number of benzene rings is 2. The van der Waals surface area contributed by atoms with E-state index in [0.29, 0.717) is 10.7 Å². The lowest BCUT2D eigenvalue weighted by atomic mass is 10.0. The number of hydrogen-bond acceptors (Lipinski definition) is 5. The fraction of sp³-hybridized carbons (Fsp3) is 0.125.